The molecule has 0 amide bonds. The van der Waals surface area contributed by atoms with Gasteiger partial charge in [0, 0.05) is 22.7 Å². The third kappa shape index (κ3) is 3.34. The van der Waals surface area contributed by atoms with Gasteiger partial charge in [-0.25, -0.2) is 4.79 Å². The summed E-state index contributed by atoms with van der Waals surface area (Å²) in [4.78, 5) is 15.3. The van der Waals surface area contributed by atoms with Crippen LogP contribution in [0.15, 0.2) is 60.7 Å². The summed E-state index contributed by atoms with van der Waals surface area (Å²) in [5, 5.41) is 1.13. The summed E-state index contributed by atoms with van der Waals surface area (Å²) in [6, 6.07) is 18.2. The number of nitrogens with one attached hydrogen (secondary N) is 1. The minimum absolute atomic E-state index is 0.323. The van der Waals surface area contributed by atoms with Gasteiger partial charge in [0.05, 0.1) is 6.61 Å². The molecule has 2 aromatic carbocycles. The Morgan fingerprint density at radius 3 is 2.61 bits per heavy atom. The Morgan fingerprint density at radius 1 is 1.09 bits per heavy atom. The average Bonchev–Trinajstić information content (AvgIpc) is 2.93. The van der Waals surface area contributed by atoms with Gasteiger partial charge in [-0.15, -0.1) is 0 Å². The largest absolute Gasteiger partial charge is 0.463 e. The van der Waals surface area contributed by atoms with Crippen molar-refractivity contribution < 1.29 is 9.53 Å². The number of aryl methyl sites for hydroxylation is 1. The molecule has 0 radical (unpaired) electrons. The number of hydrogen-bond donors (Lipinski definition) is 1. The first-order valence-electron chi connectivity index (χ1n) is 7.71. The predicted octanol–water partition coefficient (Wildman–Crippen LogP) is 4.47. The maximum Gasteiger partial charge on any atom is 0.331 e. The third-order valence-electron chi connectivity index (χ3n) is 3.70. The van der Waals surface area contributed by atoms with E-state index in [9.17, 15) is 4.79 Å². The Morgan fingerprint density at radius 2 is 1.87 bits per heavy atom. The first-order chi connectivity index (χ1) is 11.2. The van der Waals surface area contributed by atoms with Crippen LogP contribution >= 0.6 is 0 Å². The smallest absolute Gasteiger partial charge is 0.331 e. The molecule has 0 unspecified atom stereocenters. The van der Waals surface area contributed by atoms with Crippen LogP contribution in [0.2, 0.25) is 0 Å². The molecule has 3 rings (SSSR count). The second kappa shape index (κ2) is 6.53. The molecule has 0 aliphatic carbocycles. The second-order valence-corrected chi connectivity index (χ2v) is 5.43. The molecule has 1 N–H and O–H groups in total. The number of carbonyl (C=O) groups is 1. The highest BCUT2D eigenvalue weighted by molar-refractivity contribution is 5.98. The molecule has 0 atom stereocenters. The molecule has 3 nitrogen and oxygen atoms in total. The van der Waals surface area contributed by atoms with E-state index in [0.29, 0.717) is 6.61 Å². The van der Waals surface area contributed by atoms with Gasteiger partial charge < -0.3 is 9.72 Å². The zero-order chi connectivity index (χ0) is 16.2. The summed E-state index contributed by atoms with van der Waals surface area (Å²) in [5.41, 5.74) is 5.07. The normalized spacial score (nSPS) is 11.7. The van der Waals surface area contributed by atoms with Crippen molar-refractivity contribution >= 4 is 22.4 Å². The third-order valence-corrected chi connectivity index (χ3v) is 3.70. The number of hydrogen-bond acceptors (Lipinski definition) is 2. The zero-order valence-corrected chi connectivity index (χ0v) is 13.3. The number of esters is 1. The summed E-state index contributed by atoms with van der Waals surface area (Å²) < 4.78 is 5.09. The second-order valence-electron chi connectivity index (χ2n) is 5.43. The van der Waals surface area contributed by atoms with Crippen molar-refractivity contribution in [1.29, 1.82) is 0 Å². The summed E-state index contributed by atoms with van der Waals surface area (Å²) in [6.07, 6.45) is 1.57. The summed E-state index contributed by atoms with van der Waals surface area (Å²) in [7, 11) is 0. The van der Waals surface area contributed by atoms with Crippen molar-refractivity contribution in [2.45, 2.75) is 13.8 Å². The van der Waals surface area contributed by atoms with E-state index in [4.69, 9.17) is 4.74 Å². The minimum Gasteiger partial charge on any atom is -0.463 e. The number of aromatic nitrogens is 1. The molecule has 0 aliphatic rings. The topological polar surface area (TPSA) is 42.1 Å². The number of fused-ring (bicyclic) bond motifs is 1. The van der Waals surface area contributed by atoms with Crippen LogP contribution in [0.1, 0.15) is 23.7 Å². The van der Waals surface area contributed by atoms with Crippen LogP contribution in [0, 0.1) is 6.92 Å². The van der Waals surface area contributed by atoms with Crippen LogP contribution in [-0.4, -0.2) is 17.6 Å². The number of carbonyl (C=O) groups excluding carboxylic acids is 1. The van der Waals surface area contributed by atoms with Gasteiger partial charge in [0.2, 0.25) is 0 Å². The Balaban J connectivity index is 2.11. The molecule has 3 aromatic rings. The number of aromatic amines is 1. The van der Waals surface area contributed by atoms with E-state index in [2.05, 4.69) is 17.1 Å². The fourth-order valence-electron chi connectivity index (χ4n) is 2.70. The molecule has 0 bridgehead atoms. The summed E-state index contributed by atoms with van der Waals surface area (Å²) in [5.74, 6) is -0.323. The van der Waals surface area contributed by atoms with E-state index in [1.165, 1.54) is 0 Å². The molecule has 0 saturated heterocycles. The highest BCUT2D eigenvalue weighted by Gasteiger charge is 2.10. The van der Waals surface area contributed by atoms with Crippen molar-refractivity contribution in [3.63, 3.8) is 0 Å². The van der Waals surface area contributed by atoms with Crippen molar-refractivity contribution in [2.24, 2.45) is 0 Å². The molecule has 0 saturated carbocycles. The van der Waals surface area contributed by atoms with E-state index in [0.717, 1.165) is 33.3 Å². The van der Waals surface area contributed by atoms with Gasteiger partial charge in [-0.05, 0) is 48.7 Å². The van der Waals surface area contributed by atoms with Crippen LogP contribution in [-0.2, 0) is 9.53 Å². The van der Waals surface area contributed by atoms with Crippen LogP contribution in [0.25, 0.3) is 16.5 Å². The Labute approximate surface area is 135 Å². The van der Waals surface area contributed by atoms with Gasteiger partial charge in [-0.2, -0.15) is 0 Å². The van der Waals surface area contributed by atoms with Gasteiger partial charge in [-0.1, -0.05) is 36.4 Å². The summed E-state index contributed by atoms with van der Waals surface area (Å²) in [6.45, 7) is 4.21. The number of benzene rings is 2. The van der Waals surface area contributed by atoms with Crippen LogP contribution in [0.5, 0.6) is 0 Å². The molecular formula is C20H19NO2. The Bertz CT molecular complexity index is 860. The molecular weight excluding hydrogens is 286 g/mol. The first kappa shape index (κ1) is 15.1. The van der Waals surface area contributed by atoms with Gasteiger partial charge >= 0.3 is 5.97 Å². The van der Waals surface area contributed by atoms with E-state index < -0.39 is 0 Å². The highest BCUT2D eigenvalue weighted by atomic mass is 16.5. The molecule has 0 fully saturated rings. The van der Waals surface area contributed by atoms with Crippen molar-refractivity contribution in [3.8, 4) is 0 Å². The number of ether oxygens (including phenoxy) is 1. The highest BCUT2D eigenvalue weighted by Crippen LogP contribution is 2.27. The van der Waals surface area contributed by atoms with Crippen LogP contribution in [0.3, 0.4) is 0 Å². The SMILES string of the molecule is CCOC(=O)/C=C(/c1ccccc1)c1ccc2[nH]c(C)cc2c1. The number of rotatable bonds is 4. The molecule has 0 aliphatic heterocycles. The van der Waals surface area contributed by atoms with E-state index in [1.807, 2.05) is 56.3 Å². The standard InChI is InChI=1S/C20H19NO2/c1-3-23-20(22)13-18(15-7-5-4-6-8-15)16-9-10-19-17(12-16)11-14(2)21-19/h4-13,21H,3H2,1-2H3/b18-13-. The lowest BCUT2D eigenvalue weighted by Gasteiger charge is -2.09. The van der Waals surface area contributed by atoms with E-state index in [-0.39, 0.29) is 5.97 Å². The molecule has 1 aromatic heterocycles. The quantitative estimate of drug-likeness (QED) is 0.571. The zero-order valence-electron chi connectivity index (χ0n) is 13.3. The van der Waals surface area contributed by atoms with E-state index in [1.54, 1.807) is 6.08 Å². The van der Waals surface area contributed by atoms with Crippen LogP contribution in [0.4, 0.5) is 0 Å². The molecule has 23 heavy (non-hydrogen) atoms. The molecule has 116 valence electrons. The fraction of sp³-hybridized carbons (Fsp3) is 0.150. The van der Waals surface area contributed by atoms with Gasteiger partial charge in [0.15, 0.2) is 0 Å². The first-order valence-corrected chi connectivity index (χ1v) is 7.71. The van der Waals surface area contributed by atoms with Gasteiger partial charge in [0.1, 0.15) is 0 Å². The lowest BCUT2D eigenvalue weighted by molar-refractivity contribution is -0.137. The minimum atomic E-state index is -0.323. The molecule has 0 spiro atoms. The monoisotopic (exact) mass is 305 g/mol. The lowest BCUT2D eigenvalue weighted by atomic mass is 9.96. The molecule has 3 heteroatoms. The number of H-pyrrole nitrogens is 1. The fourth-order valence-corrected chi connectivity index (χ4v) is 2.70. The van der Waals surface area contributed by atoms with E-state index >= 15 is 0 Å². The van der Waals surface area contributed by atoms with Crippen molar-refractivity contribution in [3.05, 3.63) is 77.5 Å². The average molecular weight is 305 g/mol. The maximum atomic E-state index is 12.0. The van der Waals surface area contributed by atoms with Crippen LogP contribution < -0.4 is 0 Å². The van der Waals surface area contributed by atoms with Crippen molar-refractivity contribution in [2.75, 3.05) is 6.61 Å². The molecule has 1 heterocycles. The Hall–Kier alpha value is -2.81. The maximum absolute atomic E-state index is 12.0. The summed E-state index contributed by atoms with van der Waals surface area (Å²) >= 11 is 0. The van der Waals surface area contributed by atoms with Gasteiger partial charge in [0.25, 0.3) is 0 Å². The Kier molecular flexibility index (Phi) is 4.29. The van der Waals surface area contributed by atoms with Crippen molar-refractivity contribution in [1.82, 2.24) is 4.98 Å². The lowest BCUT2D eigenvalue weighted by Crippen LogP contribution is -2.01. The predicted molar refractivity (Wildman–Crippen MR) is 93.2 cm³/mol. The van der Waals surface area contributed by atoms with Gasteiger partial charge in [-0.3, -0.25) is 0 Å².